The fourth-order valence-electron chi connectivity index (χ4n) is 5.04. The smallest absolute Gasteiger partial charge is 0.335 e. The highest BCUT2D eigenvalue weighted by atomic mass is 16.2. The second-order valence-electron chi connectivity index (χ2n) is 9.39. The molecule has 4 rings (SSSR count). The molecular formula is C28H31N3O3. The summed E-state index contributed by atoms with van der Waals surface area (Å²) in [4.78, 5) is 42.2. The van der Waals surface area contributed by atoms with Gasteiger partial charge in [0.25, 0.3) is 11.8 Å². The second kappa shape index (κ2) is 8.60. The van der Waals surface area contributed by atoms with Gasteiger partial charge in [0.15, 0.2) is 0 Å². The Bertz CT molecular complexity index is 1270. The number of hydrogen-bond acceptors (Lipinski definition) is 4. The Labute approximate surface area is 200 Å². The molecule has 6 heteroatoms. The third-order valence-corrected chi connectivity index (χ3v) is 6.70. The number of fused-ring (bicyclic) bond motifs is 1. The summed E-state index contributed by atoms with van der Waals surface area (Å²) in [6.07, 6.45) is 4.50. The van der Waals surface area contributed by atoms with Crippen LogP contribution in [0.25, 0.3) is 11.6 Å². The van der Waals surface area contributed by atoms with Gasteiger partial charge in [-0.2, -0.15) is 0 Å². The number of urea groups is 1. The van der Waals surface area contributed by atoms with Crippen molar-refractivity contribution in [3.63, 3.8) is 0 Å². The van der Waals surface area contributed by atoms with Crippen LogP contribution >= 0.6 is 0 Å². The number of imide groups is 2. The van der Waals surface area contributed by atoms with Crippen LogP contribution in [0.1, 0.15) is 56.9 Å². The average molecular weight is 458 g/mol. The molecule has 4 amide bonds. The van der Waals surface area contributed by atoms with E-state index in [0.29, 0.717) is 12.1 Å². The number of anilines is 2. The van der Waals surface area contributed by atoms with Crippen LogP contribution in [-0.2, 0) is 16.0 Å². The summed E-state index contributed by atoms with van der Waals surface area (Å²) in [7, 11) is 0. The predicted molar refractivity (Wildman–Crippen MR) is 137 cm³/mol. The van der Waals surface area contributed by atoms with Crippen molar-refractivity contribution >= 4 is 40.9 Å². The minimum absolute atomic E-state index is 0.0568. The van der Waals surface area contributed by atoms with Crippen molar-refractivity contribution in [1.82, 2.24) is 5.32 Å². The van der Waals surface area contributed by atoms with Gasteiger partial charge in [-0.1, -0.05) is 31.2 Å². The van der Waals surface area contributed by atoms with Gasteiger partial charge in [-0.3, -0.25) is 14.9 Å². The van der Waals surface area contributed by atoms with E-state index in [1.165, 1.54) is 0 Å². The number of rotatable bonds is 4. The van der Waals surface area contributed by atoms with Gasteiger partial charge in [-0.15, -0.1) is 0 Å². The fourth-order valence-corrected chi connectivity index (χ4v) is 5.04. The molecule has 0 radical (unpaired) electrons. The van der Waals surface area contributed by atoms with Gasteiger partial charge in [0.2, 0.25) is 0 Å². The van der Waals surface area contributed by atoms with Crippen LogP contribution in [0.5, 0.6) is 0 Å². The third-order valence-electron chi connectivity index (χ3n) is 6.70. The average Bonchev–Trinajstić information content (AvgIpc) is 2.77. The SMILES string of the molecule is CCc1ccccc1N1C(=O)NC(=O)/C(=C\c2cc3c(cc2C)N(CC)C(C)(C)C=C3C)C1=O. The largest absolute Gasteiger partial charge is 0.363 e. The van der Waals surface area contributed by atoms with E-state index in [0.717, 1.165) is 45.0 Å². The summed E-state index contributed by atoms with van der Waals surface area (Å²) in [5.41, 5.74) is 6.28. The lowest BCUT2D eigenvalue weighted by atomic mass is 9.86. The molecule has 2 aromatic rings. The Morgan fingerprint density at radius 2 is 1.71 bits per heavy atom. The summed E-state index contributed by atoms with van der Waals surface area (Å²) in [6.45, 7) is 13.4. The number of nitrogens with one attached hydrogen (secondary N) is 1. The molecule has 0 unspecified atom stereocenters. The highest BCUT2D eigenvalue weighted by Gasteiger charge is 2.38. The third kappa shape index (κ3) is 3.83. The molecule has 0 aromatic heterocycles. The van der Waals surface area contributed by atoms with E-state index in [-0.39, 0.29) is 11.1 Å². The number of hydrogen-bond donors (Lipinski definition) is 1. The maximum Gasteiger partial charge on any atom is 0.335 e. The number of benzene rings is 2. The molecule has 176 valence electrons. The van der Waals surface area contributed by atoms with Crippen LogP contribution in [-0.4, -0.2) is 29.9 Å². The van der Waals surface area contributed by atoms with Crippen LogP contribution in [0.2, 0.25) is 0 Å². The Kier molecular flexibility index (Phi) is 5.94. The zero-order valence-electron chi connectivity index (χ0n) is 20.7. The standard InChI is InChI=1S/C28H31N3O3/c1-7-19-11-9-10-12-23(19)31-26(33)22(25(32)29-27(31)34)15-20-14-21-18(4)16-28(5,6)30(8-2)24(21)13-17(20)3/h9-16H,7-8H2,1-6H3,(H,29,32,34)/b22-15+. The summed E-state index contributed by atoms with van der Waals surface area (Å²) in [6, 6.07) is 10.7. The lowest BCUT2D eigenvalue weighted by Gasteiger charge is -2.43. The Morgan fingerprint density at radius 1 is 1.00 bits per heavy atom. The van der Waals surface area contributed by atoms with E-state index < -0.39 is 17.8 Å². The first kappa shape index (κ1) is 23.5. The highest BCUT2D eigenvalue weighted by molar-refractivity contribution is 6.39. The van der Waals surface area contributed by atoms with E-state index in [2.05, 4.69) is 50.1 Å². The van der Waals surface area contributed by atoms with Gasteiger partial charge in [0, 0.05) is 17.8 Å². The molecule has 0 saturated carbocycles. The molecule has 0 bridgehead atoms. The predicted octanol–water partition coefficient (Wildman–Crippen LogP) is 5.25. The summed E-state index contributed by atoms with van der Waals surface area (Å²) in [5.74, 6) is -1.30. The van der Waals surface area contributed by atoms with E-state index in [1.807, 2.05) is 32.0 Å². The van der Waals surface area contributed by atoms with E-state index in [9.17, 15) is 14.4 Å². The van der Waals surface area contributed by atoms with E-state index in [1.54, 1.807) is 18.2 Å². The quantitative estimate of drug-likeness (QED) is 0.503. The molecule has 1 fully saturated rings. The number of allylic oxidation sites excluding steroid dienone is 1. The minimum Gasteiger partial charge on any atom is -0.363 e. The lowest BCUT2D eigenvalue weighted by Crippen LogP contribution is -2.54. The molecule has 1 saturated heterocycles. The van der Waals surface area contributed by atoms with Crippen molar-refractivity contribution in [3.05, 3.63) is 70.3 Å². The maximum absolute atomic E-state index is 13.4. The van der Waals surface area contributed by atoms with Gasteiger partial charge >= 0.3 is 6.03 Å². The van der Waals surface area contributed by atoms with Crippen LogP contribution in [0.4, 0.5) is 16.2 Å². The first-order valence-corrected chi connectivity index (χ1v) is 11.7. The first-order valence-electron chi connectivity index (χ1n) is 11.7. The topological polar surface area (TPSA) is 69.7 Å². The van der Waals surface area contributed by atoms with Crippen LogP contribution in [0, 0.1) is 6.92 Å². The van der Waals surface area contributed by atoms with Gasteiger partial charge in [0.1, 0.15) is 5.57 Å². The van der Waals surface area contributed by atoms with Crippen molar-refractivity contribution in [1.29, 1.82) is 0 Å². The number of barbiturate groups is 1. The summed E-state index contributed by atoms with van der Waals surface area (Å²) >= 11 is 0. The second-order valence-corrected chi connectivity index (χ2v) is 9.39. The van der Waals surface area contributed by atoms with E-state index >= 15 is 0 Å². The van der Waals surface area contributed by atoms with Crippen LogP contribution in [0.3, 0.4) is 0 Å². The molecule has 34 heavy (non-hydrogen) atoms. The number of likely N-dealkylation sites (N-methyl/N-ethyl adjacent to an activating group) is 1. The van der Waals surface area contributed by atoms with E-state index in [4.69, 9.17) is 0 Å². The molecular weight excluding hydrogens is 426 g/mol. The zero-order chi connectivity index (χ0) is 24.8. The highest BCUT2D eigenvalue weighted by Crippen LogP contribution is 2.40. The first-order chi connectivity index (χ1) is 16.1. The summed E-state index contributed by atoms with van der Waals surface area (Å²) < 4.78 is 0. The molecule has 1 N–H and O–H groups in total. The fraction of sp³-hybridized carbons (Fsp3) is 0.321. The molecule has 0 aliphatic carbocycles. The maximum atomic E-state index is 13.4. The van der Waals surface area contributed by atoms with Gasteiger partial charge in [-0.05, 0) is 87.6 Å². The van der Waals surface area contributed by atoms with Gasteiger partial charge in [0.05, 0.1) is 11.2 Å². The number of nitrogens with zero attached hydrogens (tertiary/aromatic N) is 2. The Balaban J connectivity index is 1.81. The van der Waals surface area contributed by atoms with Crippen molar-refractivity contribution in [2.45, 2.75) is 53.5 Å². The Hall–Kier alpha value is -3.67. The number of aryl methyl sites for hydroxylation is 2. The molecule has 2 aromatic carbocycles. The van der Waals surface area contributed by atoms with Gasteiger partial charge < -0.3 is 4.90 Å². The number of carbonyl (C=O) groups excluding carboxylic acids is 3. The van der Waals surface area contributed by atoms with Crippen LogP contribution < -0.4 is 15.1 Å². The lowest BCUT2D eigenvalue weighted by molar-refractivity contribution is -0.122. The Morgan fingerprint density at radius 3 is 2.38 bits per heavy atom. The molecule has 0 spiro atoms. The number of amides is 4. The van der Waals surface area contributed by atoms with Crippen molar-refractivity contribution in [2.24, 2.45) is 0 Å². The van der Waals surface area contributed by atoms with Crippen molar-refractivity contribution in [2.75, 3.05) is 16.3 Å². The number of carbonyl (C=O) groups is 3. The molecule has 2 aliphatic heterocycles. The van der Waals surface area contributed by atoms with Crippen molar-refractivity contribution < 1.29 is 14.4 Å². The summed E-state index contributed by atoms with van der Waals surface area (Å²) in [5, 5.41) is 2.34. The zero-order valence-corrected chi connectivity index (χ0v) is 20.7. The molecule has 2 aliphatic rings. The molecule has 2 heterocycles. The van der Waals surface area contributed by atoms with Crippen molar-refractivity contribution in [3.8, 4) is 0 Å². The van der Waals surface area contributed by atoms with Crippen LogP contribution in [0.15, 0.2) is 48.0 Å². The number of para-hydroxylation sites is 1. The van der Waals surface area contributed by atoms with Gasteiger partial charge in [-0.25, -0.2) is 9.69 Å². The monoisotopic (exact) mass is 457 g/mol. The minimum atomic E-state index is -0.727. The molecule has 6 nitrogen and oxygen atoms in total. The molecule has 0 atom stereocenters. The normalized spacial score (nSPS) is 18.7.